The van der Waals surface area contributed by atoms with Crippen LogP contribution >= 0.6 is 11.6 Å². The molecule has 0 aromatic heterocycles. The number of fused-ring (bicyclic) bond motifs is 1. The third-order valence-electron chi connectivity index (χ3n) is 3.87. The highest BCUT2D eigenvalue weighted by Crippen LogP contribution is 2.32. The molecule has 0 fully saturated rings. The Balaban J connectivity index is 1.88. The number of nitrogens with two attached hydrogens (primary N) is 1. The van der Waals surface area contributed by atoms with Crippen molar-refractivity contribution in [2.75, 3.05) is 0 Å². The van der Waals surface area contributed by atoms with Gasteiger partial charge in [0, 0.05) is 11.1 Å². The van der Waals surface area contributed by atoms with Gasteiger partial charge in [-0.15, -0.1) is 0 Å². The Morgan fingerprint density at radius 1 is 1.14 bits per heavy atom. The molecule has 0 saturated heterocycles. The van der Waals surface area contributed by atoms with Gasteiger partial charge in [0.15, 0.2) is 0 Å². The second kappa shape index (κ2) is 6.08. The first-order valence-electron chi connectivity index (χ1n) is 7.45. The summed E-state index contributed by atoms with van der Waals surface area (Å²) in [6, 6.07) is 12.2. The molecule has 2 aromatic rings. The van der Waals surface area contributed by atoms with Gasteiger partial charge >= 0.3 is 0 Å². The lowest BCUT2D eigenvalue weighted by atomic mass is 10.1. The van der Waals surface area contributed by atoms with Gasteiger partial charge in [0.1, 0.15) is 11.5 Å². The molecule has 2 N–H and O–H groups in total. The van der Waals surface area contributed by atoms with Crippen LogP contribution in [0.25, 0.3) is 0 Å². The van der Waals surface area contributed by atoms with Gasteiger partial charge in [0.05, 0.1) is 0 Å². The summed E-state index contributed by atoms with van der Waals surface area (Å²) in [6.45, 7) is 1.99. The van der Waals surface area contributed by atoms with Crippen molar-refractivity contribution in [2.45, 2.75) is 38.6 Å². The summed E-state index contributed by atoms with van der Waals surface area (Å²) in [6.07, 6.45) is 4.35. The average Bonchev–Trinajstić information content (AvgIpc) is 2.89. The van der Waals surface area contributed by atoms with E-state index in [4.69, 9.17) is 22.1 Å². The van der Waals surface area contributed by atoms with Crippen LogP contribution in [0.5, 0.6) is 11.5 Å². The number of hydrogen-bond acceptors (Lipinski definition) is 2. The van der Waals surface area contributed by atoms with Crippen LogP contribution in [0.4, 0.5) is 0 Å². The summed E-state index contributed by atoms with van der Waals surface area (Å²) >= 11 is 6.10. The van der Waals surface area contributed by atoms with Gasteiger partial charge in [-0.3, -0.25) is 0 Å². The second-order valence-electron chi connectivity index (χ2n) is 5.82. The Bertz CT molecular complexity index is 652. The number of ether oxygens (including phenoxy) is 1. The van der Waals surface area contributed by atoms with Gasteiger partial charge in [-0.25, -0.2) is 0 Å². The van der Waals surface area contributed by atoms with Crippen LogP contribution in [-0.4, -0.2) is 6.04 Å². The van der Waals surface area contributed by atoms with E-state index < -0.39 is 0 Å². The fraction of sp³-hybridized carbons (Fsp3) is 0.333. The van der Waals surface area contributed by atoms with E-state index in [1.807, 2.05) is 31.2 Å². The van der Waals surface area contributed by atoms with E-state index in [9.17, 15) is 0 Å². The second-order valence-corrected chi connectivity index (χ2v) is 6.26. The Labute approximate surface area is 130 Å². The number of halogens is 1. The van der Waals surface area contributed by atoms with E-state index in [0.717, 1.165) is 29.9 Å². The molecule has 1 unspecified atom stereocenters. The van der Waals surface area contributed by atoms with Crippen LogP contribution in [0.2, 0.25) is 5.02 Å². The largest absolute Gasteiger partial charge is 0.457 e. The van der Waals surface area contributed by atoms with E-state index in [0.29, 0.717) is 5.02 Å². The van der Waals surface area contributed by atoms with E-state index in [1.54, 1.807) is 0 Å². The van der Waals surface area contributed by atoms with Crippen molar-refractivity contribution in [1.82, 2.24) is 0 Å². The van der Waals surface area contributed by atoms with Crippen molar-refractivity contribution in [3.8, 4) is 11.5 Å². The van der Waals surface area contributed by atoms with Crippen molar-refractivity contribution >= 4 is 11.6 Å². The van der Waals surface area contributed by atoms with Gasteiger partial charge in [0.2, 0.25) is 0 Å². The lowest BCUT2D eigenvalue weighted by Crippen LogP contribution is -2.18. The molecule has 1 aliphatic carbocycles. The molecule has 0 aliphatic heterocycles. The average molecular weight is 302 g/mol. The molecule has 2 aromatic carbocycles. The molecule has 0 saturated carbocycles. The van der Waals surface area contributed by atoms with Gasteiger partial charge < -0.3 is 10.5 Å². The maximum atomic E-state index is 6.10. The summed E-state index contributed by atoms with van der Waals surface area (Å²) < 4.78 is 6.08. The molecule has 2 nitrogen and oxygen atoms in total. The Morgan fingerprint density at radius 2 is 1.95 bits per heavy atom. The molecule has 0 amide bonds. The minimum atomic E-state index is 0.0912. The first-order valence-corrected chi connectivity index (χ1v) is 7.83. The normalized spacial score (nSPS) is 14.8. The topological polar surface area (TPSA) is 35.2 Å². The molecule has 1 aliphatic rings. The van der Waals surface area contributed by atoms with Crippen molar-refractivity contribution in [2.24, 2.45) is 5.73 Å². The zero-order valence-electron chi connectivity index (χ0n) is 12.2. The molecule has 0 heterocycles. The lowest BCUT2D eigenvalue weighted by Gasteiger charge is -2.14. The summed E-state index contributed by atoms with van der Waals surface area (Å²) in [5, 5.41) is 0.680. The maximum absolute atomic E-state index is 6.10. The van der Waals surface area contributed by atoms with Crippen molar-refractivity contribution in [3.05, 3.63) is 58.1 Å². The Hall–Kier alpha value is -1.51. The SMILES string of the molecule is CC(N)Cc1ccc(Cl)cc1Oc1ccc2c(c1)CCC2. The first kappa shape index (κ1) is 14.4. The molecule has 3 rings (SSSR count). The van der Waals surface area contributed by atoms with Gasteiger partial charge in [0.25, 0.3) is 0 Å². The smallest absolute Gasteiger partial charge is 0.132 e. The van der Waals surface area contributed by atoms with Gasteiger partial charge in [-0.1, -0.05) is 23.7 Å². The third kappa shape index (κ3) is 3.39. The monoisotopic (exact) mass is 301 g/mol. The molecule has 3 heteroatoms. The summed E-state index contributed by atoms with van der Waals surface area (Å²) in [4.78, 5) is 0. The summed E-state index contributed by atoms with van der Waals surface area (Å²) in [5.74, 6) is 1.68. The van der Waals surface area contributed by atoms with Crippen molar-refractivity contribution in [1.29, 1.82) is 0 Å². The fourth-order valence-electron chi connectivity index (χ4n) is 2.88. The molecular weight excluding hydrogens is 282 g/mol. The van der Waals surface area contributed by atoms with Gasteiger partial charge in [-0.2, -0.15) is 0 Å². The molecular formula is C18H20ClNO. The van der Waals surface area contributed by atoms with E-state index in [2.05, 4.69) is 12.1 Å². The zero-order chi connectivity index (χ0) is 14.8. The predicted octanol–water partition coefficient (Wildman–Crippen LogP) is 4.51. The fourth-order valence-corrected chi connectivity index (χ4v) is 3.04. The number of benzene rings is 2. The molecule has 0 spiro atoms. The Morgan fingerprint density at radius 3 is 2.76 bits per heavy atom. The summed E-state index contributed by atoms with van der Waals surface area (Å²) in [7, 11) is 0. The highest BCUT2D eigenvalue weighted by molar-refractivity contribution is 6.30. The van der Waals surface area contributed by atoms with Crippen molar-refractivity contribution in [3.63, 3.8) is 0 Å². The van der Waals surface area contributed by atoms with Crippen LogP contribution in [0, 0.1) is 0 Å². The highest BCUT2D eigenvalue weighted by atomic mass is 35.5. The first-order chi connectivity index (χ1) is 10.1. The quantitative estimate of drug-likeness (QED) is 0.901. The zero-order valence-corrected chi connectivity index (χ0v) is 13.0. The van der Waals surface area contributed by atoms with Crippen LogP contribution in [0.15, 0.2) is 36.4 Å². The minimum absolute atomic E-state index is 0.0912. The Kier molecular flexibility index (Phi) is 4.18. The van der Waals surface area contributed by atoms with Crippen LogP contribution in [-0.2, 0) is 19.3 Å². The third-order valence-corrected chi connectivity index (χ3v) is 4.10. The molecule has 110 valence electrons. The van der Waals surface area contributed by atoms with E-state index in [1.165, 1.54) is 24.0 Å². The van der Waals surface area contributed by atoms with E-state index in [-0.39, 0.29) is 6.04 Å². The minimum Gasteiger partial charge on any atom is -0.457 e. The van der Waals surface area contributed by atoms with Crippen molar-refractivity contribution < 1.29 is 4.74 Å². The molecule has 0 bridgehead atoms. The summed E-state index contributed by atoms with van der Waals surface area (Å²) in [5.41, 5.74) is 9.86. The standard InChI is InChI=1S/C18H20ClNO/c1-12(20)9-15-5-7-16(19)11-18(15)21-17-8-6-13-3-2-4-14(13)10-17/h5-8,10-12H,2-4,9,20H2,1H3. The predicted molar refractivity (Wildman–Crippen MR) is 87.3 cm³/mol. The number of hydrogen-bond donors (Lipinski definition) is 1. The van der Waals surface area contributed by atoms with Crippen LogP contribution in [0.3, 0.4) is 0 Å². The molecule has 21 heavy (non-hydrogen) atoms. The number of rotatable bonds is 4. The number of aryl methyl sites for hydroxylation is 2. The highest BCUT2D eigenvalue weighted by Gasteiger charge is 2.13. The molecule has 1 atom stereocenters. The van der Waals surface area contributed by atoms with Gasteiger partial charge in [-0.05, 0) is 73.6 Å². The van der Waals surface area contributed by atoms with E-state index >= 15 is 0 Å². The molecule has 0 radical (unpaired) electrons. The maximum Gasteiger partial charge on any atom is 0.132 e. The lowest BCUT2D eigenvalue weighted by molar-refractivity contribution is 0.473. The van der Waals surface area contributed by atoms with Crippen LogP contribution in [0.1, 0.15) is 30.0 Å². The van der Waals surface area contributed by atoms with Crippen LogP contribution < -0.4 is 10.5 Å².